The van der Waals surface area contributed by atoms with E-state index in [0.717, 1.165) is 22.3 Å². The summed E-state index contributed by atoms with van der Waals surface area (Å²) in [6.07, 6.45) is 0.775. The number of hydrogen-bond acceptors (Lipinski definition) is 4. The second-order valence-corrected chi connectivity index (χ2v) is 8.02. The number of rotatable bonds is 10. The highest BCUT2D eigenvalue weighted by Crippen LogP contribution is 2.44. The molecule has 0 radical (unpaired) electrons. The highest BCUT2D eigenvalue weighted by atomic mass is 16.5. The van der Waals surface area contributed by atoms with E-state index >= 15 is 0 Å². The van der Waals surface area contributed by atoms with Crippen LogP contribution in [0.4, 0.5) is 4.79 Å². The smallest absolute Gasteiger partial charge is 0.407 e. The molecule has 0 saturated heterocycles. The fourth-order valence-electron chi connectivity index (χ4n) is 4.15. The highest BCUT2D eigenvalue weighted by Gasteiger charge is 2.30. The van der Waals surface area contributed by atoms with Gasteiger partial charge in [0, 0.05) is 12.0 Å². The van der Waals surface area contributed by atoms with Gasteiger partial charge in [0.2, 0.25) is 5.91 Å². The molecule has 2 aromatic rings. The minimum absolute atomic E-state index is 0.0633. The lowest BCUT2D eigenvalue weighted by atomic mass is 9.98. The molecule has 7 heteroatoms. The molecule has 2 atom stereocenters. The number of ether oxygens (including phenoxy) is 1. The van der Waals surface area contributed by atoms with Crippen molar-refractivity contribution in [3.8, 4) is 11.1 Å². The third-order valence-corrected chi connectivity index (χ3v) is 5.79. The van der Waals surface area contributed by atoms with Crippen LogP contribution in [-0.4, -0.2) is 41.8 Å². The molecule has 3 rings (SSSR count). The molecule has 3 N–H and O–H groups in total. The normalized spacial score (nSPS) is 14.1. The third-order valence-electron chi connectivity index (χ3n) is 5.79. The number of aliphatic carboxylic acids is 1. The average Bonchev–Trinajstić information content (AvgIpc) is 3.10. The first-order chi connectivity index (χ1) is 15.4. The number of amides is 2. The summed E-state index contributed by atoms with van der Waals surface area (Å²) >= 11 is 0. The van der Waals surface area contributed by atoms with Gasteiger partial charge in [0.1, 0.15) is 12.6 Å². The van der Waals surface area contributed by atoms with Gasteiger partial charge in [-0.3, -0.25) is 9.59 Å². The molecule has 0 spiro atoms. The lowest BCUT2D eigenvalue weighted by Gasteiger charge is -2.22. The van der Waals surface area contributed by atoms with Crippen LogP contribution in [0.3, 0.4) is 0 Å². The number of carboxylic acids is 1. The summed E-state index contributed by atoms with van der Waals surface area (Å²) in [5, 5.41) is 14.4. The van der Waals surface area contributed by atoms with Gasteiger partial charge in [-0.1, -0.05) is 68.8 Å². The van der Waals surface area contributed by atoms with Crippen LogP contribution in [0.1, 0.15) is 56.6 Å². The number of carboxylic acid groups (broad SMARTS) is 1. The van der Waals surface area contributed by atoms with E-state index < -0.39 is 30.1 Å². The van der Waals surface area contributed by atoms with E-state index in [1.807, 2.05) is 50.2 Å². The van der Waals surface area contributed by atoms with E-state index in [4.69, 9.17) is 9.84 Å². The zero-order valence-electron chi connectivity index (χ0n) is 18.5. The summed E-state index contributed by atoms with van der Waals surface area (Å²) in [5.74, 6) is -1.44. The summed E-state index contributed by atoms with van der Waals surface area (Å²) in [4.78, 5) is 36.1. The summed E-state index contributed by atoms with van der Waals surface area (Å²) < 4.78 is 5.54. The molecular weight excluding hydrogens is 408 g/mol. The van der Waals surface area contributed by atoms with Crippen LogP contribution in [0.15, 0.2) is 48.5 Å². The van der Waals surface area contributed by atoms with Gasteiger partial charge in [-0.05, 0) is 35.1 Å². The van der Waals surface area contributed by atoms with E-state index in [-0.39, 0.29) is 18.9 Å². The lowest BCUT2D eigenvalue weighted by molar-refractivity contribution is -0.137. The molecule has 32 heavy (non-hydrogen) atoms. The molecule has 2 amide bonds. The third kappa shape index (κ3) is 5.46. The Kier molecular flexibility index (Phi) is 7.87. The minimum atomic E-state index is -0.978. The fourth-order valence-corrected chi connectivity index (χ4v) is 4.15. The Morgan fingerprint density at radius 2 is 1.56 bits per heavy atom. The van der Waals surface area contributed by atoms with Crippen LogP contribution in [0.5, 0.6) is 0 Å². The maximum Gasteiger partial charge on any atom is 0.407 e. The summed E-state index contributed by atoms with van der Waals surface area (Å²) in [5.41, 5.74) is 4.52. The van der Waals surface area contributed by atoms with Gasteiger partial charge in [0.25, 0.3) is 0 Å². The van der Waals surface area contributed by atoms with Gasteiger partial charge < -0.3 is 20.5 Å². The highest BCUT2D eigenvalue weighted by molar-refractivity contribution is 5.86. The molecule has 1 aliphatic rings. The van der Waals surface area contributed by atoms with Gasteiger partial charge in [-0.2, -0.15) is 0 Å². The second kappa shape index (κ2) is 10.8. The Balaban J connectivity index is 1.62. The van der Waals surface area contributed by atoms with Crippen LogP contribution in [-0.2, 0) is 14.3 Å². The number of hydrogen-bond donors (Lipinski definition) is 3. The van der Waals surface area contributed by atoms with E-state index in [2.05, 4.69) is 22.8 Å². The summed E-state index contributed by atoms with van der Waals surface area (Å²) in [7, 11) is 0. The Morgan fingerprint density at radius 3 is 2.09 bits per heavy atom. The Labute approximate surface area is 188 Å². The molecular formula is C25H30N2O5. The zero-order chi connectivity index (χ0) is 23.1. The molecule has 0 aromatic heterocycles. The zero-order valence-corrected chi connectivity index (χ0v) is 18.5. The Morgan fingerprint density at radius 1 is 0.969 bits per heavy atom. The molecule has 170 valence electrons. The van der Waals surface area contributed by atoms with E-state index in [0.29, 0.717) is 19.3 Å². The summed E-state index contributed by atoms with van der Waals surface area (Å²) in [6, 6.07) is 14.9. The Hall–Kier alpha value is -3.35. The fraction of sp³-hybridized carbons (Fsp3) is 0.400. The van der Waals surface area contributed by atoms with Gasteiger partial charge in [0.05, 0.1) is 6.42 Å². The van der Waals surface area contributed by atoms with Crippen molar-refractivity contribution in [1.29, 1.82) is 0 Å². The van der Waals surface area contributed by atoms with E-state index in [1.165, 1.54) is 0 Å². The molecule has 0 heterocycles. The SMILES string of the molecule is CCC[C@@H](NC(=O)OCC1c2ccccc2-c2ccccc21)C(=O)N[C@H](CC)CC(=O)O. The van der Waals surface area contributed by atoms with Gasteiger partial charge in [0.15, 0.2) is 0 Å². The molecule has 2 aromatic carbocycles. The minimum Gasteiger partial charge on any atom is -0.481 e. The maximum absolute atomic E-state index is 12.6. The molecule has 0 saturated carbocycles. The van der Waals surface area contributed by atoms with Crippen LogP contribution in [0.25, 0.3) is 11.1 Å². The van der Waals surface area contributed by atoms with Crippen molar-refractivity contribution >= 4 is 18.0 Å². The molecule has 1 aliphatic carbocycles. The number of fused-ring (bicyclic) bond motifs is 3. The maximum atomic E-state index is 12.6. The monoisotopic (exact) mass is 438 g/mol. The van der Waals surface area contributed by atoms with Crippen molar-refractivity contribution in [3.63, 3.8) is 0 Å². The van der Waals surface area contributed by atoms with Crippen molar-refractivity contribution in [2.24, 2.45) is 0 Å². The van der Waals surface area contributed by atoms with Crippen molar-refractivity contribution in [3.05, 3.63) is 59.7 Å². The first-order valence-electron chi connectivity index (χ1n) is 11.1. The molecule has 0 fully saturated rings. The Bertz CT molecular complexity index is 929. The van der Waals surface area contributed by atoms with Crippen LogP contribution >= 0.6 is 0 Å². The first-order valence-corrected chi connectivity index (χ1v) is 11.1. The lowest BCUT2D eigenvalue weighted by Crippen LogP contribution is -2.50. The second-order valence-electron chi connectivity index (χ2n) is 8.02. The van der Waals surface area contributed by atoms with Crippen LogP contribution in [0.2, 0.25) is 0 Å². The van der Waals surface area contributed by atoms with Gasteiger partial charge in [-0.15, -0.1) is 0 Å². The van der Waals surface area contributed by atoms with Crippen LogP contribution in [0, 0.1) is 0 Å². The number of carbonyl (C=O) groups excluding carboxylic acids is 2. The first kappa shape index (κ1) is 23.3. The van der Waals surface area contributed by atoms with Crippen molar-refractivity contribution in [2.75, 3.05) is 6.61 Å². The number of carbonyl (C=O) groups is 3. The number of nitrogens with one attached hydrogen (secondary N) is 2. The molecule has 0 aliphatic heterocycles. The van der Waals surface area contributed by atoms with Crippen molar-refractivity contribution in [2.45, 2.75) is 57.5 Å². The molecule has 7 nitrogen and oxygen atoms in total. The quantitative estimate of drug-likeness (QED) is 0.519. The van der Waals surface area contributed by atoms with Gasteiger partial charge >= 0.3 is 12.1 Å². The van der Waals surface area contributed by atoms with Crippen LogP contribution < -0.4 is 10.6 Å². The molecule has 0 unspecified atom stereocenters. The molecule has 0 bridgehead atoms. The average molecular weight is 439 g/mol. The topological polar surface area (TPSA) is 105 Å². The van der Waals surface area contributed by atoms with Crippen molar-refractivity contribution in [1.82, 2.24) is 10.6 Å². The summed E-state index contributed by atoms with van der Waals surface area (Å²) in [6.45, 7) is 3.88. The van der Waals surface area contributed by atoms with Gasteiger partial charge in [-0.25, -0.2) is 4.79 Å². The predicted molar refractivity (Wildman–Crippen MR) is 121 cm³/mol. The van der Waals surface area contributed by atoms with E-state index in [9.17, 15) is 14.4 Å². The largest absolute Gasteiger partial charge is 0.481 e. The predicted octanol–water partition coefficient (Wildman–Crippen LogP) is 4.06. The number of benzene rings is 2. The van der Waals surface area contributed by atoms with E-state index in [1.54, 1.807) is 0 Å². The van der Waals surface area contributed by atoms with Crippen molar-refractivity contribution < 1.29 is 24.2 Å². The number of alkyl carbamates (subject to hydrolysis) is 1. The standard InChI is InChI=1S/C25H30N2O5/c1-3-9-22(24(30)26-16(4-2)14-23(28)29)27-25(31)32-15-21-19-12-7-5-10-17(19)18-11-6-8-13-20(18)21/h5-8,10-13,16,21-22H,3-4,9,14-15H2,1-2H3,(H,26,30)(H,27,31)(H,28,29)/t16-,22-/m1/s1.